The Morgan fingerprint density at radius 3 is 1.38 bits per heavy atom. The van der Waals surface area contributed by atoms with Gasteiger partial charge in [0.05, 0.1) is 0 Å². The molecule has 2 aliphatic rings. The minimum atomic E-state index is -0.0336. The average molecular weight is 715 g/mol. The molecule has 284 valence electrons. The van der Waals surface area contributed by atoms with Crippen molar-refractivity contribution >= 4 is 11.4 Å². The molecule has 4 nitrogen and oxygen atoms in total. The Morgan fingerprint density at radius 2 is 0.925 bits per heavy atom. The van der Waals surface area contributed by atoms with Crippen molar-refractivity contribution in [1.82, 2.24) is 0 Å². The molecular formula is C49H66N2O2. The standard InChI is InChI=1S/C49H66N2O2/c1-2-3-4-5-6-7-8-9-10-11-12-15-38-20-22-39(23-21-38)40-32-34-49(35-33-40,41-24-28-45(29-25-41)52-47-18-13-16-43(50)36-47)42-26-30-46(31-27-42)53-48-19-14-17-44(51)37-48/h13-14,16-19,24-31,36-40H,2-12,15,20-23,32-35,50-51H2,1H3/t38-,39-. The zero-order valence-corrected chi connectivity index (χ0v) is 32.6. The summed E-state index contributed by atoms with van der Waals surface area (Å²) in [6.07, 6.45) is 28.0. The van der Waals surface area contributed by atoms with E-state index < -0.39 is 0 Å². The van der Waals surface area contributed by atoms with Crippen LogP contribution in [0.25, 0.3) is 0 Å². The first-order valence-electron chi connectivity index (χ1n) is 21.3. The van der Waals surface area contributed by atoms with Gasteiger partial charge in [0, 0.05) is 28.9 Å². The van der Waals surface area contributed by atoms with Gasteiger partial charge in [0.1, 0.15) is 23.0 Å². The van der Waals surface area contributed by atoms with E-state index in [1.807, 2.05) is 48.5 Å². The highest BCUT2D eigenvalue weighted by Gasteiger charge is 2.41. The summed E-state index contributed by atoms with van der Waals surface area (Å²) in [5.74, 6) is 5.88. The molecule has 0 unspecified atom stereocenters. The van der Waals surface area contributed by atoms with E-state index in [1.165, 1.54) is 140 Å². The summed E-state index contributed by atoms with van der Waals surface area (Å²) in [5.41, 5.74) is 16.1. The van der Waals surface area contributed by atoms with Gasteiger partial charge in [-0.15, -0.1) is 0 Å². The van der Waals surface area contributed by atoms with Crippen LogP contribution in [0.3, 0.4) is 0 Å². The molecule has 4 N–H and O–H groups in total. The second kappa shape index (κ2) is 20.0. The number of nitrogens with two attached hydrogens (primary N) is 2. The van der Waals surface area contributed by atoms with Crippen LogP contribution in [0.2, 0.25) is 0 Å². The molecule has 6 rings (SSSR count). The number of hydrogen-bond donors (Lipinski definition) is 2. The van der Waals surface area contributed by atoms with Crippen molar-refractivity contribution in [3.8, 4) is 23.0 Å². The summed E-state index contributed by atoms with van der Waals surface area (Å²) < 4.78 is 12.4. The van der Waals surface area contributed by atoms with E-state index in [0.29, 0.717) is 11.4 Å². The molecule has 53 heavy (non-hydrogen) atoms. The number of hydrogen-bond acceptors (Lipinski definition) is 4. The molecule has 4 aromatic rings. The van der Waals surface area contributed by atoms with Gasteiger partial charge in [0.25, 0.3) is 0 Å². The first kappa shape index (κ1) is 38.8. The summed E-state index contributed by atoms with van der Waals surface area (Å²) in [4.78, 5) is 0. The van der Waals surface area contributed by atoms with E-state index in [2.05, 4.69) is 55.5 Å². The molecular weight excluding hydrogens is 649 g/mol. The van der Waals surface area contributed by atoms with Crippen LogP contribution < -0.4 is 20.9 Å². The molecule has 0 aromatic heterocycles. The third kappa shape index (κ3) is 11.3. The van der Waals surface area contributed by atoms with Gasteiger partial charge >= 0.3 is 0 Å². The predicted molar refractivity (Wildman–Crippen MR) is 224 cm³/mol. The molecule has 2 fully saturated rings. The Kier molecular flexibility index (Phi) is 14.6. The smallest absolute Gasteiger partial charge is 0.129 e. The lowest BCUT2D eigenvalue weighted by molar-refractivity contribution is 0.140. The quantitative estimate of drug-likeness (QED) is 0.0749. The number of rotatable bonds is 19. The van der Waals surface area contributed by atoms with Gasteiger partial charge in [-0.1, -0.05) is 133 Å². The van der Waals surface area contributed by atoms with Gasteiger partial charge in [0.2, 0.25) is 0 Å². The van der Waals surface area contributed by atoms with Gasteiger partial charge in [0.15, 0.2) is 0 Å². The van der Waals surface area contributed by atoms with Crippen LogP contribution in [0.15, 0.2) is 97.1 Å². The lowest BCUT2D eigenvalue weighted by Crippen LogP contribution is -2.35. The largest absolute Gasteiger partial charge is 0.457 e. The molecule has 0 amide bonds. The summed E-state index contributed by atoms with van der Waals surface area (Å²) in [5, 5.41) is 0. The van der Waals surface area contributed by atoms with Crippen LogP contribution in [0, 0.1) is 17.8 Å². The van der Waals surface area contributed by atoms with Gasteiger partial charge in [-0.05, 0) is 116 Å². The Morgan fingerprint density at radius 1 is 0.491 bits per heavy atom. The van der Waals surface area contributed by atoms with Crippen LogP contribution in [0.5, 0.6) is 23.0 Å². The van der Waals surface area contributed by atoms with Gasteiger partial charge in [-0.2, -0.15) is 0 Å². The summed E-state index contributed by atoms with van der Waals surface area (Å²) in [6.45, 7) is 2.30. The predicted octanol–water partition coefficient (Wildman–Crippen LogP) is 14.4. The molecule has 2 aliphatic carbocycles. The summed E-state index contributed by atoms with van der Waals surface area (Å²) >= 11 is 0. The average Bonchev–Trinajstić information content (AvgIpc) is 3.18. The van der Waals surface area contributed by atoms with E-state index in [9.17, 15) is 0 Å². The lowest BCUT2D eigenvalue weighted by atomic mass is 9.60. The maximum Gasteiger partial charge on any atom is 0.129 e. The summed E-state index contributed by atoms with van der Waals surface area (Å²) in [6, 6.07) is 32.9. The first-order valence-corrected chi connectivity index (χ1v) is 21.3. The number of anilines is 2. The van der Waals surface area contributed by atoms with E-state index in [4.69, 9.17) is 20.9 Å². The van der Waals surface area contributed by atoms with Crippen molar-refractivity contribution in [3.05, 3.63) is 108 Å². The second-order valence-electron chi connectivity index (χ2n) is 16.4. The van der Waals surface area contributed by atoms with Crippen molar-refractivity contribution in [2.24, 2.45) is 17.8 Å². The topological polar surface area (TPSA) is 70.5 Å². The Labute approximate surface area is 321 Å². The van der Waals surface area contributed by atoms with E-state index in [1.54, 1.807) is 0 Å². The number of ether oxygens (including phenoxy) is 2. The highest BCUT2D eigenvalue weighted by Crippen LogP contribution is 2.51. The highest BCUT2D eigenvalue weighted by molar-refractivity contribution is 5.48. The highest BCUT2D eigenvalue weighted by atomic mass is 16.5. The molecule has 0 saturated heterocycles. The van der Waals surface area contributed by atoms with Crippen LogP contribution in [-0.2, 0) is 5.41 Å². The SMILES string of the molecule is CCCCCCCCCCCCC[C@H]1CC[C@H](C2CCC(c3ccc(Oc4cccc(N)c4)cc3)(c3ccc(Oc4cccc(N)c4)cc3)CC2)CC1. The maximum absolute atomic E-state index is 6.18. The zero-order valence-electron chi connectivity index (χ0n) is 32.6. The maximum atomic E-state index is 6.18. The fourth-order valence-corrected chi connectivity index (χ4v) is 9.51. The third-order valence-electron chi connectivity index (χ3n) is 12.7. The number of nitrogen functional groups attached to an aromatic ring is 2. The van der Waals surface area contributed by atoms with Crippen LogP contribution in [0.1, 0.15) is 146 Å². The van der Waals surface area contributed by atoms with Gasteiger partial charge in [-0.3, -0.25) is 0 Å². The van der Waals surface area contributed by atoms with Crippen molar-refractivity contribution in [3.63, 3.8) is 0 Å². The van der Waals surface area contributed by atoms with Gasteiger partial charge < -0.3 is 20.9 Å². The fourth-order valence-electron chi connectivity index (χ4n) is 9.51. The Balaban J connectivity index is 1.03. The molecule has 4 heteroatoms. The summed E-state index contributed by atoms with van der Waals surface area (Å²) in [7, 11) is 0. The normalized spacial score (nSPS) is 18.8. The van der Waals surface area contributed by atoms with Crippen LogP contribution in [-0.4, -0.2) is 0 Å². The minimum absolute atomic E-state index is 0.0336. The number of unbranched alkanes of at least 4 members (excludes halogenated alkanes) is 10. The van der Waals surface area contributed by atoms with Crippen molar-refractivity contribution in [1.29, 1.82) is 0 Å². The van der Waals surface area contributed by atoms with Crippen molar-refractivity contribution in [2.75, 3.05) is 11.5 Å². The first-order chi connectivity index (χ1) is 26.0. The third-order valence-corrected chi connectivity index (χ3v) is 12.7. The fraction of sp³-hybridized carbons (Fsp3) is 0.510. The molecule has 4 aromatic carbocycles. The van der Waals surface area contributed by atoms with Crippen LogP contribution in [0.4, 0.5) is 11.4 Å². The van der Waals surface area contributed by atoms with E-state index in [-0.39, 0.29) is 5.41 Å². The molecule has 0 spiro atoms. The molecule has 0 heterocycles. The van der Waals surface area contributed by atoms with Gasteiger partial charge in [-0.25, -0.2) is 0 Å². The molecule has 0 aliphatic heterocycles. The number of benzene rings is 4. The minimum Gasteiger partial charge on any atom is -0.457 e. The lowest BCUT2D eigenvalue weighted by Gasteiger charge is -2.44. The van der Waals surface area contributed by atoms with Crippen molar-refractivity contribution in [2.45, 2.75) is 141 Å². The Bertz CT molecular complexity index is 1540. The van der Waals surface area contributed by atoms with Crippen molar-refractivity contribution < 1.29 is 9.47 Å². The second-order valence-corrected chi connectivity index (χ2v) is 16.4. The Hall–Kier alpha value is -3.92. The van der Waals surface area contributed by atoms with E-state index in [0.717, 1.165) is 40.8 Å². The molecule has 0 bridgehead atoms. The van der Waals surface area contributed by atoms with E-state index >= 15 is 0 Å². The molecule has 0 atom stereocenters. The van der Waals surface area contributed by atoms with Crippen LogP contribution >= 0.6 is 0 Å². The molecule has 0 radical (unpaired) electrons. The zero-order chi connectivity index (χ0) is 36.7. The molecule has 2 saturated carbocycles. The monoisotopic (exact) mass is 715 g/mol.